The fourth-order valence-corrected chi connectivity index (χ4v) is 5.18. The lowest BCUT2D eigenvalue weighted by molar-refractivity contribution is -0.133. The molecule has 2 aliphatic heterocycles. The highest BCUT2D eigenvalue weighted by atomic mass is 32.2. The van der Waals surface area contributed by atoms with Crippen molar-refractivity contribution in [3.8, 4) is 0 Å². The number of methoxy groups -OCH3 is 1. The molecule has 0 aromatic heterocycles. The smallest absolute Gasteiger partial charge is 0.251 e. The summed E-state index contributed by atoms with van der Waals surface area (Å²) in [4.78, 5) is 40.4. The second-order valence-electron chi connectivity index (χ2n) is 9.25. The van der Waals surface area contributed by atoms with Crippen LogP contribution < -0.4 is 21.3 Å². The van der Waals surface area contributed by atoms with E-state index in [-0.39, 0.29) is 30.3 Å². The molecule has 4 N–H and O–H groups in total. The van der Waals surface area contributed by atoms with Crippen LogP contribution in [0.5, 0.6) is 0 Å². The van der Waals surface area contributed by atoms with E-state index in [0.717, 1.165) is 21.2 Å². The van der Waals surface area contributed by atoms with Crippen LogP contribution in [0.25, 0.3) is 0 Å². The van der Waals surface area contributed by atoms with E-state index in [4.69, 9.17) is 9.47 Å². The first kappa shape index (κ1) is 26.0. The SMILES string of the molecule is COC1OCC[C@@H]1NC(=O)[C@H](CC(C)C)NC(=O)CNC(=O)c1ccc2c(c1)Nc1ccccc1S2. The number of hydrogen-bond acceptors (Lipinski definition) is 7. The van der Waals surface area contributed by atoms with Gasteiger partial charge in [-0.2, -0.15) is 0 Å². The number of fused-ring (bicyclic) bond motifs is 2. The molecule has 0 bridgehead atoms. The molecule has 1 unspecified atom stereocenters. The van der Waals surface area contributed by atoms with Crippen LogP contribution in [-0.4, -0.2) is 56.4 Å². The van der Waals surface area contributed by atoms with Crippen LogP contribution in [-0.2, 0) is 19.1 Å². The largest absolute Gasteiger partial charge is 0.354 e. The summed E-state index contributed by atoms with van der Waals surface area (Å²) < 4.78 is 10.7. The lowest BCUT2D eigenvalue weighted by Gasteiger charge is -2.24. The van der Waals surface area contributed by atoms with Crippen molar-refractivity contribution in [2.45, 2.75) is 54.9 Å². The first-order valence-corrected chi connectivity index (χ1v) is 12.9. The molecule has 0 saturated carbocycles. The van der Waals surface area contributed by atoms with Crippen LogP contribution in [0.4, 0.5) is 11.4 Å². The number of anilines is 2. The summed E-state index contributed by atoms with van der Waals surface area (Å²) in [5, 5.41) is 11.7. The topological polar surface area (TPSA) is 118 Å². The molecule has 192 valence electrons. The third-order valence-corrected chi connectivity index (χ3v) is 7.14. The van der Waals surface area contributed by atoms with Crippen molar-refractivity contribution >= 4 is 40.9 Å². The van der Waals surface area contributed by atoms with E-state index in [9.17, 15) is 14.4 Å². The molecular formula is C26H32N4O5S. The van der Waals surface area contributed by atoms with Gasteiger partial charge in [-0.3, -0.25) is 14.4 Å². The molecule has 3 amide bonds. The quantitative estimate of drug-likeness (QED) is 0.348. The fourth-order valence-electron chi connectivity index (χ4n) is 4.21. The number of amides is 3. The normalized spacial score (nSPS) is 19.0. The molecule has 2 aliphatic rings. The average molecular weight is 513 g/mol. The van der Waals surface area contributed by atoms with Crippen molar-refractivity contribution in [1.29, 1.82) is 0 Å². The Kier molecular flexibility index (Phi) is 8.50. The number of rotatable bonds is 9. The summed E-state index contributed by atoms with van der Waals surface area (Å²) in [6.07, 6.45) is 0.607. The number of para-hydroxylation sites is 1. The maximum Gasteiger partial charge on any atom is 0.251 e. The summed E-state index contributed by atoms with van der Waals surface area (Å²) in [7, 11) is 1.53. The molecule has 0 radical (unpaired) electrons. The van der Waals surface area contributed by atoms with Crippen LogP contribution in [0.2, 0.25) is 0 Å². The summed E-state index contributed by atoms with van der Waals surface area (Å²) in [5.74, 6) is -0.913. The Bertz CT molecular complexity index is 1130. The van der Waals surface area contributed by atoms with Gasteiger partial charge >= 0.3 is 0 Å². The lowest BCUT2D eigenvalue weighted by atomic mass is 10.0. The minimum Gasteiger partial charge on any atom is -0.354 e. The molecule has 3 atom stereocenters. The first-order valence-electron chi connectivity index (χ1n) is 12.0. The summed E-state index contributed by atoms with van der Waals surface area (Å²) in [6.45, 7) is 4.22. The summed E-state index contributed by atoms with van der Waals surface area (Å²) >= 11 is 1.64. The van der Waals surface area contributed by atoms with E-state index in [1.54, 1.807) is 23.9 Å². The Morgan fingerprint density at radius 1 is 1.14 bits per heavy atom. The Morgan fingerprint density at radius 3 is 2.69 bits per heavy atom. The van der Waals surface area contributed by atoms with Gasteiger partial charge < -0.3 is 30.7 Å². The van der Waals surface area contributed by atoms with Crippen molar-refractivity contribution in [3.63, 3.8) is 0 Å². The lowest BCUT2D eigenvalue weighted by Crippen LogP contribution is -2.53. The van der Waals surface area contributed by atoms with Crippen molar-refractivity contribution < 1.29 is 23.9 Å². The van der Waals surface area contributed by atoms with Crippen molar-refractivity contribution in [2.75, 3.05) is 25.6 Å². The number of ether oxygens (including phenoxy) is 2. The maximum absolute atomic E-state index is 12.9. The van der Waals surface area contributed by atoms with E-state index >= 15 is 0 Å². The van der Waals surface area contributed by atoms with Crippen molar-refractivity contribution in [2.24, 2.45) is 5.92 Å². The average Bonchev–Trinajstić information content (AvgIpc) is 3.32. The van der Waals surface area contributed by atoms with Gasteiger partial charge in [0.25, 0.3) is 5.91 Å². The van der Waals surface area contributed by atoms with Gasteiger partial charge in [0.15, 0.2) is 6.29 Å². The zero-order chi connectivity index (χ0) is 25.7. The third kappa shape index (κ3) is 6.37. The van der Waals surface area contributed by atoms with Crippen LogP contribution in [0.1, 0.15) is 37.0 Å². The molecule has 2 aromatic rings. The number of carbonyl (C=O) groups excluding carboxylic acids is 3. The summed E-state index contributed by atoms with van der Waals surface area (Å²) in [6, 6.07) is 12.4. The van der Waals surface area contributed by atoms with Crippen molar-refractivity contribution in [1.82, 2.24) is 16.0 Å². The van der Waals surface area contributed by atoms with Crippen LogP contribution >= 0.6 is 11.8 Å². The second-order valence-corrected chi connectivity index (χ2v) is 10.3. The molecule has 36 heavy (non-hydrogen) atoms. The van der Waals surface area contributed by atoms with Crippen LogP contribution in [0, 0.1) is 5.92 Å². The van der Waals surface area contributed by atoms with Gasteiger partial charge in [-0.1, -0.05) is 37.7 Å². The highest BCUT2D eigenvalue weighted by Gasteiger charge is 2.32. The monoisotopic (exact) mass is 512 g/mol. The molecule has 1 fully saturated rings. The Labute approximate surface area is 215 Å². The molecule has 0 spiro atoms. The Hall–Kier alpha value is -3.08. The van der Waals surface area contributed by atoms with Gasteiger partial charge in [0, 0.05) is 22.5 Å². The molecule has 1 saturated heterocycles. The highest BCUT2D eigenvalue weighted by Crippen LogP contribution is 2.44. The van der Waals surface area contributed by atoms with Gasteiger partial charge in [-0.15, -0.1) is 0 Å². The Morgan fingerprint density at radius 2 is 1.92 bits per heavy atom. The van der Waals surface area contributed by atoms with Crippen molar-refractivity contribution in [3.05, 3.63) is 48.0 Å². The molecule has 10 heteroatoms. The number of hydrogen-bond donors (Lipinski definition) is 4. The highest BCUT2D eigenvalue weighted by molar-refractivity contribution is 7.99. The molecule has 2 aromatic carbocycles. The predicted octanol–water partition coefficient (Wildman–Crippen LogP) is 3.03. The minimum atomic E-state index is -0.724. The van der Waals surface area contributed by atoms with E-state index < -0.39 is 18.2 Å². The van der Waals surface area contributed by atoms with E-state index in [0.29, 0.717) is 25.0 Å². The van der Waals surface area contributed by atoms with E-state index in [1.807, 2.05) is 44.2 Å². The molecule has 4 rings (SSSR count). The third-order valence-electron chi connectivity index (χ3n) is 5.99. The van der Waals surface area contributed by atoms with Crippen LogP contribution in [0.3, 0.4) is 0 Å². The minimum absolute atomic E-state index is 0.180. The standard InChI is InChI=1S/C26H32N4O5S/c1-15(2)12-20(25(33)30-18-10-11-35-26(18)34-3)29-23(31)14-27-24(32)16-8-9-22-19(13-16)28-17-6-4-5-7-21(17)36-22/h4-9,13,15,18,20,26,28H,10-12,14H2,1-3H3,(H,27,32)(H,29,31)(H,30,33)/t18-,20-,26?/m0/s1. The van der Waals surface area contributed by atoms with Gasteiger partial charge in [0.2, 0.25) is 11.8 Å². The molecule has 2 heterocycles. The van der Waals surface area contributed by atoms with E-state index in [1.165, 1.54) is 7.11 Å². The predicted molar refractivity (Wildman–Crippen MR) is 137 cm³/mol. The van der Waals surface area contributed by atoms with Gasteiger partial charge in [-0.25, -0.2) is 0 Å². The maximum atomic E-state index is 12.9. The van der Waals surface area contributed by atoms with E-state index in [2.05, 4.69) is 21.3 Å². The number of benzene rings is 2. The molecule has 9 nitrogen and oxygen atoms in total. The zero-order valence-electron chi connectivity index (χ0n) is 20.6. The molecular weight excluding hydrogens is 480 g/mol. The van der Waals surface area contributed by atoms with Gasteiger partial charge in [0.05, 0.1) is 30.6 Å². The van der Waals surface area contributed by atoms with Crippen LogP contribution in [0.15, 0.2) is 52.3 Å². The molecule has 0 aliphatic carbocycles. The second kappa shape index (κ2) is 11.8. The van der Waals surface area contributed by atoms with Gasteiger partial charge in [0.1, 0.15) is 6.04 Å². The van der Waals surface area contributed by atoms with Gasteiger partial charge in [-0.05, 0) is 49.1 Å². The number of nitrogens with one attached hydrogen (secondary N) is 4. The zero-order valence-corrected chi connectivity index (χ0v) is 21.4. The summed E-state index contributed by atoms with van der Waals surface area (Å²) in [5.41, 5.74) is 2.27. The Balaban J connectivity index is 1.32. The number of carbonyl (C=O) groups is 3. The first-order chi connectivity index (χ1) is 17.3. The fraction of sp³-hybridized carbons (Fsp3) is 0.423.